The van der Waals surface area contributed by atoms with Crippen LogP contribution in [0.2, 0.25) is 5.02 Å². The third kappa shape index (κ3) is 6.52. The number of hydrogen-bond donors (Lipinski definition) is 2. The van der Waals surface area contributed by atoms with Crippen molar-refractivity contribution in [3.63, 3.8) is 0 Å². The summed E-state index contributed by atoms with van der Waals surface area (Å²) in [5.41, 5.74) is -4.12. The van der Waals surface area contributed by atoms with Gasteiger partial charge in [-0.05, 0) is 47.4 Å². The van der Waals surface area contributed by atoms with Crippen LogP contribution in [-0.4, -0.2) is 16.7 Å². The maximum atomic E-state index is 14.0. The molecule has 1 aliphatic rings. The molecular formula is C28H21Cl2F7N2O. The molecule has 3 aromatic carbocycles. The van der Waals surface area contributed by atoms with Crippen LogP contribution in [0.15, 0.2) is 83.5 Å². The topological polar surface area (TPSA) is 44.6 Å². The summed E-state index contributed by atoms with van der Waals surface area (Å²) in [6.07, 6.45) is -8.69. The smallest absolute Gasteiger partial charge is 0.374 e. The lowest BCUT2D eigenvalue weighted by Gasteiger charge is -2.39. The Morgan fingerprint density at radius 2 is 1.60 bits per heavy atom. The molecule has 3 aromatic rings. The summed E-state index contributed by atoms with van der Waals surface area (Å²) >= 11 is 12.0. The van der Waals surface area contributed by atoms with Gasteiger partial charge >= 0.3 is 12.4 Å². The molecule has 3 atom stereocenters. The van der Waals surface area contributed by atoms with Crippen molar-refractivity contribution in [3.8, 4) is 0 Å². The minimum Gasteiger partial charge on any atom is -0.374 e. The van der Waals surface area contributed by atoms with Crippen LogP contribution in [0.25, 0.3) is 0 Å². The molecular weight excluding hydrogens is 584 g/mol. The van der Waals surface area contributed by atoms with Crippen LogP contribution in [0.5, 0.6) is 0 Å². The Morgan fingerprint density at radius 1 is 0.925 bits per heavy atom. The van der Waals surface area contributed by atoms with Crippen LogP contribution in [-0.2, 0) is 24.3 Å². The van der Waals surface area contributed by atoms with E-state index in [2.05, 4.69) is 10.3 Å². The lowest BCUT2D eigenvalue weighted by atomic mass is 9.79. The van der Waals surface area contributed by atoms with Crippen LogP contribution in [0.4, 0.5) is 30.7 Å². The highest BCUT2D eigenvalue weighted by molar-refractivity contribution is 6.31. The number of alkyl halides is 7. The summed E-state index contributed by atoms with van der Waals surface area (Å²) in [5, 5.41) is 12.9. The van der Waals surface area contributed by atoms with E-state index in [1.54, 1.807) is 36.4 Å². The van der Waals surface area contributed by atoms with Gasteiger partial charge in [0.1, 0.15) is 12.0 Å². The summed E-state index contributed by atoms with van der Waals surface area (Å²) in [6, 6.07) is 13.6. The second kappa shape index (κ2) is 11.5. The van der Waals surface area contributed by atoms with Gasteiger partial charge in [0.2, 0.25) is 0 Å². The number of nitrogens with one attached hydrogen (secondary N) is 1. The van der Waals surface area contributed by atoms with Crippen molar-refractivity contribution < 1.29 is 35.8 Å². The first-order valence-corrected chi connectivity index (χ1v) is 12.6. The molecule has 0 saturated heterocycles. The van der Waals surface area contributed by atoms with Crippen LogP contribution in [0, 0.1) is 5.82 Å². The Hall–Kier alpha value is -2.92. The second-order valence-electron chi connectivity index (χ2n) is 9.16. The summed E-state index contributed by atoms with van der Waals surface area (Å²) in [4.78, 5) is 4.36. The van der Waals surface area contributed by atoms with Crippen molar-refractivity contribution in [1.82, 2.24) is 5.32 Å². The van der Waals surface area contributed by atoms with Crippen molar-refractivity contribution >= 4 is 29.4 Å². The van der Waals surface area contributed by atoms with Gasteiger partial charge in [0.05, 0.1) is 32.8 Å². The number of nitrogens with zero attached hydrogens (tertiary/aromatic N) is 1. The highest BCUT2D eigenvalue weighted by Gasteiger charge is 2.43. The fourth-order valence-electron chi connectivity index (χ4n) is 4.49. The van der Waals surface area contributed by atoms with Crippen molar-refractivity contribution in [2.45, 2.75) is 42.3 Å². The van der Waals surface area contributed by atoms with Gasteiger partial charge in [-0.2, -0.15) is 26.3 Å². The van der Waals surface area contributed by atoms with Gasteiger partial charge < -0.3 is 5.11 Å². The molecule has 212 valence electrons. The number of aliphatic hydroxyl groups is 1. The van der Waals surface area contributed by atoms with Crippen LogP contribution >= 0.6 is 23.2 Å². The van der Waals surface area contributed by atoms with Gasteiger partial charge in [0.15, 0.2) is 0 Å². The average Bonchev–Trinajstić information content (AvgIpc) is 2.88. The molecule has 0 aromatic heterocycles. The van der Waals surface area contributed by atoms with Gasteiger partial charge in [-0.25, -0.2) is 4.39 Å². The molecule has 12 heteroatoms. The number of allylic oxidation sites excluding steroid dienone is 1. The maximum absolute atomic E-state index is 14.0. The first kappa shape index (κ1) is 30.0. The Kier molecular flexibility index (Phi) is 8.65. The van der Waals surface area contributed by atoms with Crippen LogP contribution in [0.1, 0.15) is 40.5 Å². The molecule has 4 rings (SSSR count). The molecule has 0 amide bonds. The summed E-state index contributed by atoms with van der Waals surface area (Å²) in [6.45, 7) is 0. The average molecular weight is 605 g/mol. The second-order valence-corrected chi connectivity index (χ2v) is 10.1. The number of hydrogen-bond acceptors (Lipinski definition) is 3. The van der Waals surface area contributed by atoms with Crippen molar-refractivity contribution in [3.05, 3.63) is 117 Å². The molecule has 0 fully saturated rings. The molecule has 1 aliphatic heterocycles. The first-order chi connectivity index (χ1) is 18.7. The predicted octanol–water partition coefficient (Wildman–Crippen LogP) is 8.20. The number of aliphatic hydroxyl groups excluding tert-OH is 1. The first-order valence-electron chi connectivity index (χ1n) is 11.8. The summed E-state index contributed by atoms with van der Waals surface area (Å²) in [5.74, 6) is -1.54. The fourth-order valence-corrected chi connectivity index (χ4v) is 4.86. The van der Waals surface area contributed by atoms with E-state index < -0.39 is 51.5 Å². The zero-order valence-corrected chi connectivity index (χ0v) is 21.9. The number of rotatable bonds is 7. The van der Waals surface area contributed by atoms with Crippen molar-refractivity contribution in [1.29, 1.82) is 0 Å². The SMILES string of the molecule is OC(NC(Cc1ccccc1)(C1=CCC(Cl)C=N1)c1ccc(Cl)c(C(F)(F)F)c1)c1ccc(F)c(C(F)(F)F)c1. The Bertz CT molecular complexity index is 1420. The highest BCUT2D eigenvalue weighted by atomic mass is 35.5. The van der Waals surface area contributed by atoms with E-state index in [1.807, 2.05) is 0 Å². The quantitative estimate of drug-likeness (QED) is 0.162. The van der Waals surface area contributed by atoms with E-state index in [-0.39, 0.29) is 29.7 Å². The van der Waals surface area contributed by atoms with E-state index in [9.17, 15) is 35.8 Å². The molecule has 0 saturated carbocycles. The maximum Gasteiger partial charge on any atom is 0.419 e. The third-order valence-corrected chi connectivity index (χ3v) is 7.04. The number of halogens is 9. The van der Waals surface area contributed by atoms with E-state index >= 15 is 0 Å². The van der Waals surface area contributed by atoms with E-state index in [0.29, 0.717) is 17.7 Å². The minimum atomic E-state index is -5.05. The number of benzene rings is 3. The minimum absolute atomic E-state index is 0.0262. The van der Waals surface area contributed by atoms with Crippen LogP contribution < -0.4 is 5.32 Å². The molecule has 0 aliphatic carbocycles. The molecule has 3 unspecified atom stereocenters. The van der Waals surface area contributed by atoms with Crippen molar-refractivity contribution in [2.24, 2.45) is 4.99 Å². The summed E-state index contributed by atoms with van der Waals surface area (Å²) < 4.78 is 95.9. The van der Waals surface area contributed by atoms with Gasteiger partial charge in [0.25, 0.3) is 0 Å². The van der Waals surface area contributed by atoms with Gasteiger partial charge in [0, 0.05) is 12.6 Å². The Labute approximate surface area is 235 Å². The van der Waals surface area contributed by atoms with E-state index in [0.717, 1.165) is 18.2 Å². The molecule has 1 heterocycles. The fraction of sp³-hybridized carbons (Fsp3) is 0.250. The van der Waals surface area contributed by atoms with Gasteiger partial charge in [-0.1, -0.05) is 60.1 Å². The summed E-state index contributed by atoms with van der Waals surface area (Å²) in [7, 11) is 0. The lowest BCUT2D eigenvalue weighted by molar-refractivity contribution is -0.140. The largest absolute Gasteiger partial charge is 0.419 e. The predicted molar refractivity (Wildman–Crippen MR) is 139 cm³/mol. The zero-order chi connectivity index (χ0) is 29.3. The zero-order valence-electron chi connectivity index (χ0n) is 20.4. The molecule has 0 bridgehead atoms. The van der Waals surface area contributed by atoms with E-state index in [1.165, 1.54) is 12.3 Å². The Morgan fingerprint density at radius 3 is 2.20 bits per heavy atom. The molecule has 40 heavy (non-hydrogen) atoms. The highest BCUT2D eigenvalue weighted by Crippen LogP contribution is 2.43. The van der Waals surface area contributed by atoms with Gasteiger partial charge in [-0.3, -0.25) is 10.3 Å². The monoisotopic (exact) mass is 604 g/mol. The molecule has 2 N–H and O–H groups in total. The normalized spacial score (nSPS) is 18.2. The van der Waals surface area contributed by atoms with Crippen LogP contribution in [0.3, 0.4) is 0 Å². The molecule has 0 spiro atoms. The van der Waals surface area contributed by atoms with Crippen molar-refractivity contribution in [2.75, 3.05) is 0 Å². The van der Waals surface area contributed by atoms with Gasteiger partial charge in [-0.15, -0.1) is 11.6 Å². The molecule has 0 radical (unpaired) electrons. The third-order valence-electron chi connectivity index (χ3n) is 6.42. The Balaban J connectivity index is 1.93. The molecule has 3 nitrogen and oxygen atoms in total. The number of aliphatic imine (C=N–C) groups is 1. The lowest BCUT2D eigenvalue weighted by Crippen LogP contribution is -2.48. The standard InChI is InChI=1S/C28H21Cl2F7N2O/c29-19-8-11-24(38-15-19)26(14-16-4-2-1-3-5-16,18-7-9-22(30)20(13-18)27(32,33)34)39-25(40)17-6-10-23(31)21(12-17)28(35,36)37/h1-7,9-13,15,19,25,39-40H,8,14H2. The van der Waals surface area contributed by atoms with E-state index in [4.69, 9.17) is 23.2 Å².